The first-order chi connectivity index (χ1) is 14.9. The Hall–Kier alpha value is -3.74. The number of aromatic nitrogens is 4. The van der Waals surface area contributed by atoms with Crippen LogP contribution in [0.3, 0.4) is 0 Å². The van der Waals surface area contributed by atoms with Crippen LogP contribution in [0.25, 0.3) is 11.3 Å². The zero-order valence-corrected chi connectivity index (χ0v) is 17.9. The summed E-state index contributed by atoms with van der Waals surface area (Å²) in [5.74, 6) is 0.622. The Labute approximate surface area is 180 Å². The Morgan fingerprint density at radius 1 is 0.968 bits per heavy atom. The second kappa shape index (κ2) is 8.55. The van der Waals surface area contributed by atoms with Gasteiger partial charge in [-0.15, -0.1) is 10.2 Å². The van der Waals surface area contributed by atoms with E-state index in [1.165, 1.54) is 5.56 Å². The maximum absolute atomic E-state index is 12.9. The summed E-state index contributed by atoms with van der Waals surface area (Å²) in [6, 6.07) is 13.6. The number of hydrogen-bond donors (Lipinski definition) is 1. The van der Waals surface area contributed by atoms with Gasteiger partial charge < -0.3 is 5.32 Å². The van der Waals surface area contributed by atoms with Crippen molar-refractivity contribution in [3.63, 3.8) is 0 Å². The van der Waals surface area contributed by atoms with Crippen LogP contribution in [0.4, 0.5) is 5.69 Å². The minimum Gasteiger partial charge on any atom is -0.326 e. The van der Waals surface area contributed by atoms with E-state index in [1.54, 1.807) is 21.4 Å². The maximum Gasteiger partial charge on any atom is 0.300 e. The first-order valence-corrected chi connectivity index (χ1v) is 10.3. The number of anilines is 1. The van der Waals surface area contributed by atoms with Gasteiger partial charge in [0.05, 0.1) is 0 Å². The summed E-state index contributed by atoms with van der Waals surface area (Å²) >= 11 is 0. The molecule has 1 amide bonds. The molecule has 0 aliphatic heterocycles. The molecule has 2 aromatic carbocycles. The molecule has 158 valence electrons. The Kier molecular flexibility index (Phi) is 5.66. The van der Waals surface area contributed by atoms with Gasteiger partial charge >= 0.3 is 5.56 Å². The van der Waals surface area contributed by atoms with Gasteiger partial charge in [0.2, 0.25) is 11.6 Å². The molecule has 7 nitrogen and oxygen atoms in total. The van der Waals surface area contributed by atoms with E-state index in [0.29, 0.717) is 25.1 Å². The standard InChI is InChI=1S/C24H25N5O2/c1-16-7-10-19(11-8-16)25-22(30)6-4-5-21-26-27-23-24(31)28(13-14-29(21)23)20-12-9-17(2)18(3)15-20/h7-15H,4-6H2,1-3H3,(H,25,30). The molecule has 0 aliphatic carbocycles. The topological polar surface area (TPSA) is 81.3 Å². The van der Waals surface area contributed by atoms with Crippen molar-refractivity contribution in [1.29, 1.82) is 0 Å². The fraction of sp³-hybridized carbons (Fsp3) is 0.250. The van der Waals surface area contributed by atoms with Gasteiger partial charge in [-0.1, -0.05) is 23.8 Å². The Morgan fingerprint density at radius 3 is 2.48 bits per heavy atom. The minimum atomic E-state index is -0.221. The summed E-state index contributed by atoms with van der Waals surface area (Å²) in [4.78, 5) is 25.1. The van der Waals surface area contributed by atoms with Gasteiger partial charge in [-0.25, -0.2) is 0 Å². The fourth-order valence-electron chi connectivity index (χ4n) is 3.45. The molecule has 0 fully saturated rings. The monoisotopic (exact) mass is 415 g/mol. The fourth-order valence-corrected chi connectivity index (χ4v) is 3.45. The summed E-state index contributed by atoms with van der Waals surface area (Å²) in [6.45, 7) is 6.06. The minimum absolute atomic E-state index is 0.0465. The first-order valence-electron chi connectivity index (χ1n) is 10.3. The number of aryl methyl sites for hydroxylation is 4. The highest BCUT2D eigenvalue weighted by molar-refractivity contribution is 5.90. The number of fused-ring (bicyclic) bond motifs is 1. The molecule has 31 heavy (non-hydrogen) atoms. The summed E-state index contributed by atoms with van der Waals surface area (Å²) in [6.07, 6.45) is 5.06. The molecule has 4 rings (SSSR count). The average molecular weight is 415 g/mol. The number of hydrogen-bond acceptors (Lipinski definition) is 4. The molecule has 4 aromatic rings. The van der Waals surface area contributed by atoms with Gasteiger partial charge in [-0.05, 0) is 62.6 Å². The summed E-state index contributed by atoms with van der Waals surface area (Å²) < 4.78 is 3.28. The lowest BCUT2D eigenvalue weighted by Crippen LogP contribution is -2.20. The van der Waals surface area contributed by atoms with Crippen molar-refractivity contribution >= 4 is 17.2 Å². The first kappa shape index (κ1) is 20.5. The Bertz CT molecular complexity index is 1300. The molecule has 0 unspecified atom stereocenters. The predicted molar refractivity (Wildman–Crippen MR) is 121 cm³/mol. The van der Waals surface area contributed by atoms with E-state index < -0.39 is 0 Å². The van der Waals surface area contributed by atoms with E-state index in [9.17, 15) is 9.59 Å². The normalized spacial score (nSPS) is 11.1. The van der Waals surface area contributed by atoms with E-state index >= 15 is 0 Å². The smallest absolute Gasteiger partial charge is 0.300 e. The van der Waals surface area contributed by atoms with Crippen molar-refractivity contribution < 1.29 is 4.79 Å². The van der Waals surface area contributed by atoms with E-state index in [-0.39, 0.29) is 17.1 Å². The van der Waals surface area contributed by atoms with Crippen LogP contribution in [0.1, 0.15) is 35.4 Å². The average Bonchev–Trinajstić information content (AvgIpc) is 3.16. The molecular weight excluding hydrogens is 390 g/mol. The Balaban J connectivity index is 1.45. The highest BCUT2D eigenvalue weighted by atomic mass is 16.1. The quantitative estimate of drug-likeness (QED) is 0.520. The van der Waals surface area contributed by atoms with E-state index in [0.717, 1.165) is 22.5 Å². The van der Waals surface area contributed by atoms with Gasteiger partial charge in [0.15, 0.2) is 0 Å². The summed E-state index contributed by atoms with van der Waals surface area (Å²) in [5.41, 5.74) is 5.09. The highest BCUT2D eigenvalue weighted by Crippen LogP contribution is 2.14. The van der Waals surface area contributed by atoms with Crippen LogP contribution in [-0.2, 0) is 11.2 Å². The molecule has 2 heterocycles. The van der Waals surface area contributed by atoms with Crippen LogP contribution in [0.5, 0.6) is 0 Å². The number of amides is 1. The number of carbonyl (C=O) groups is 1. The lowest BCUT2D eigenvalue weighted by atomic mass is 10.1. The summed E-state index contributed by atoms with van der Waals surface area (Å²) in [5, 5.41) is 11.2. The van der Waals surface area contributed by atoms with Crippen molar-refractivity contribution in [3.8, 4) is 5.69 Å². The van der Waals surface area contributed by atoms with Crippen LogP contribution in [0, 0.1) is 20.8 Å². The number of nitrogens with zero attached hydrogens (tertiary/aromatic N) is 4. The lowest BCUT2D eigenvalue weighted by Gasteiger charge is -2.09. The molecule has 0 bridgehead atoms. The van der Waals surface area contributed by atoms with Crippen LogP contribution in [-0.4, -0.2) is 25.1 Å². The zero-order chi connectivity index (χ0) is 22.0. The van der Waals surface area contributed by atoms with Gasteiger partial charge in [-0.2, -0.15) is 0 Å². The number of nitrogens with one attached hydrogen (secondary N) is 1. The van der Waals surface area contributed by atoms with Crippen molar-refractivity contribution in [2.24, 2.45) is 0 Å². The predicted octanol–water partition coefficient (Wildman–Crippen LogP) is 3.77. The van der Waals surface area contributed by atoms with Crippen LogP contribution in [0.15, 0.2) is 59.7 Å². The summed E-state index contributed by atoms with van der Waals surface area (Å²) in [7, 11) is 0. The van der Waals surface area contributed by atoms with Gasteiger partial charge in [0.25, 0.3) is 0 Å². The third-order valence-corrected chi connectivity index (χ3v) is 5.45. The molecule has 2 aromatic heterocycles. The maximum atomic E-state index is 12.9. The lowest BCUT2D eigenvalue weighted by molar-refractivity contribution is -0.116. The zero-order valence-electron chi connectivity index (χ0n) is 17.9. The molecule has 0 atom stereocenters. The molecule has 1 N–H and O–H groups in total. The van der Waals surface area contributed by atoms with E-state index in [1.807, 2.05) is 63.2 Å². The molecule has 0 saturated carbocycles. The molecular formula is C24H25N5O2. The van der Waals surface area contributed by atoms with Crippen molar-refractivity contribution in [3.05, 3.63) is 87.7 Å². The van der Waals surface area contributed by atoms with Crippen molar-refractivity contribution in [2.45, 2.75) is 40.0 Å². The molecule has 0 aliphatic rings. The largest absolute Gasteiger partial charge is 0.326 e. The highest BCUT2D eigenvalue weighted by Gasteiger charge is 2.12. The SMILES string of the molecule is Cc1ccc(NC(=O)CCCc2nnc3c(=O)n(-c4ccc(C)c(C)c4)ccn23)cc1. The van der Waals surface area contributed by atoms with E-state index in [4.69, 9.17) is 0 Å². The van der Waals surface area contributed by atoms with Crippen molar-refractivity contribution in [2.75, 3.05) is 5.32 Å². The van der Waals surface area contributed by atoms with Crippen molar-refractivity contribution in [1.82, 2.24) is 19.2 Å². The van der Waals surface area contributed by atoms with Gasteiger partial charge in [0.1, 0.15) is 5.82 Å². The number of rotatable bonds is 6. The van der Waals surface area contributed by atoms with Crippen LogP contribution < -0.4 is 10.9 Å². The van der Waals surface area contributed by atoms with Crippen LogP contribution >= 0.6 is 0 Å². The van der Waals surface area contributed by atoms with E-state index in [2.05, 4.69) is 15.5 Å². The third kappa shape index (κ3) is 4.40. The molecule has 0 radical (unpaired) electrons. The molecule has 0 saturated heterocycles. The second-order valence-corrected chi connectivity index (χ2v) is 7.82. The van der Waals surface area contributed by atoms with Gasteiger partial charge in [0, 0.05) is 36.6 Å². The van der Waals surface area contributed by atoms with Gasteiger partial charge in [-0.3, -0.25) is 18.6 Å². The third-order valence-electron chi connectivity index (χ3n) is 5.45. The number of carbonyl (C=O) groups excluding carboxylic acids is 1. The second-order valence-electron chi connectivity index (χ2n) is 7.82. The van der Waals surface area contributed by atoms with Crippen LogP contribution in [0.2, 0.25) is 0 Å². The Morgan fingerprint density at radius 2 is 1.74 bits per heavy atom. The molecule has 0 spiro atoms. The number of benzene rings is 2. The molecule has 7 heteroatoms.